The van der Waals surface area contributed by atoms with Crippen LogP contribution in [0.25, 0.3) is 21.3 Å². The number of carbonyl (C=O) groups excluding carboxylic acids is 1. The molecule has 3 N–H and O–H groups in total. The number of benzene rings is 2. The van der Waals surface area contributed by atoms with E-state index in [1.807, 2.05) is 35.9 Å². The Morgan fingerprint density at radius 3 is 2.87 bits per heavy atom. The zero-order valence-corrected chi connectivity index (χ0v) is 17.8. The van der Waals surface area contributed by atoms with Crippen molar-refractivity contribution in [2.45, 2.75) is 0 Å². The average Bonchev–Trinajstić information content (AvgIpc) is 3.27. The van der Waals surface area contributed by atoms with Crippen LogP contribution in [0, 0.1) is 0 Å². The molecule has 2 heterocycles. The van der Waals surface area contributed by atoms with E-state index in [1.54, 1.807) is 12.1 Å². The summed E-state index contributed by atoms with van der Waals surface area (Å²) in [6.45, 7) is 0.943. The van der Waals surface area contributed by atoms with E-state index < -0.39 is 0 Å². The van der Waals surface area contributed by atoms with Crippen molar-refractivity contribution < 1.29 is 14.6 Å². The molecular formula is C20H20ClN5O3S. The summed E-state index contributed by atoms with van der Waals surface area (Å²) < 4.78 is 8.02. The van der Waals surface area contributed by atoms with Gasteiger partial charge in [-0.1, -0.05) is 22.9 Å². The number of aromatic nitrogens is 3. The van der Waals surface area contributed by atoms with Crippen LogP contribution in [-0.4, -0.2) is 51.9 Å². The third-order valence-electron chi connectivity index (χ3n) is 4.48. The van der Waals surface area contributed by atoms with Crippen LogP contribution in [0.5, 0.6) is 0 Å². The van der Waals surface area contributed by atoms with Gasteiger partial charge in [-0.3, -0.25) is 4.79 Å². The lowest BCUT2D eigenvalue weighted by Crippen LogP contribution is -2.27. The molecule has 156 valence electrons. The van der Waals surface area contributed by atoms with Gasteiger partial charge in [-0.25, -0.2) is 9.97 Å². The molecule has 0 aliphatic carbocycles. The quantitative estimate of drug-likeness (QED) is 0.360. The van der Waals surface area contributed by atoms with Gasteiger partial charge in [-0.05, 0) is 36.4 Å². The van der Waals surface area contributed by atoms with Gasteiger partial charge in [0, 0.05) is 24.2 Å². The van der Waals surface area contributed by atoms with Gasteiger partial charge in [0.25, 0.3) is 5.91 Å². The molecule has 2 aromatic carbocycles. The minimum atomic E-state index is -0.191. The summed E-state index contributed by atoms with van der Waals surface area (Å²) in [5.74, 6) is 0.438. The van der Waals surface area contributed by atoms with Crippen LogP contribution >= 0.6 is 22.9 Å². The van der Waals surface area contributed by atoms with Crippen molar-refractivity contribution in [2.24, 2.45) is 7.05 Å². The van der Waals surface area contributed by atoms with E-state index >= 15 is 0 Å². The number of rotatable bonds is 8. The van der Waals surface area contributed by atoms with E-state index in [4.69, 9.17) is 21.4 Å². The fraction of sp³-hybridized carbons (Fsp3) is 0.250. The number of aryl methyl sites for hydroxylation is 1. The Kier molecular flexibility index (Phi) is 6.14. The number of nitrogens with one attached hydrogen (secondary N) is 2. The third-order valence-corrected chi connectivity index (χ3v) is 5.65. The van der Waals surface area contributed by atoms with Gasteiger partial charge < -0.3 is 25.0 Å². The van der Waals surface area contributed by atoms with Gasteiger partial charge in [0.1, 0.15) is 0 Å². The molecule has 0 fully saturated rings. The topological polar surface area (TPSA) is 101 Å². The summed E-state index contributed by atoms with van der Waals surface area (Å²) in [5, 5.41) is 16.1. The molecule has 0 spiro atoms. The standard InChI is InChI=1S/C20H20ClN5O3S/c1-26-16-10-12(18(28)22-6-8-29-9-7-27)2-4-14(16)23-19(26)25-20-24-15-5-3-13(21)11-17(15)30-20/h2-5,10-11,27H,6-9H2,1H3,(H,22,28)(H,23,24,25). The maximum absolute atomic E-state index is 12.4. The van der Waals surface area contributed by atoms with Gasteiger partial charge in [0.15, 0.2) is 5.13 Å². The second kappa shape index (κ2) is 8.97. The molecule has 1 amide bonds. The molecule has 0 radical (unpaired) electrons. The Labute approximate surface area is 181 Å². The molecule has 0 saturated heterocycles. The summed E-state index contributed by atoms with van der Waals surface area (Å²) in [4.78, 5) is 21.6. The number of ether oxygens (including phenoxy) is 1. The van der Waals surface area contributed by atoms with Crippen molar-refractivity contribution >= 4 is 61.2 Å². The van der Waals surface area contributed by atoms with Crippen LogP contribution < -0.4 is 10.6 Å². The number of anilines is 2. The highest BCUT2D eigenvalue weighted by Crippen LogP contribution is 2.31. The molecule has 0 saturated carbocycles. The third kappa shape index (κ3) is 4.39. The highest BCUT2D eigenvalue weighted by atomic mass is 35.5. The number of aliphatic hydroxyl groups excluding tert-OH is 1. The normalized spacial score (nSPS) is 11.3. The Bertz CT molecular complexity index is 1210. The number of carbonyl (C=O) groups is 1. The summed E-state index contributed by atoms with van der Waals surface area (Å²) in [6, 6.07) is 10.9. The summed E-state index contributed by atoms with van der Waals surface area (Å²) in [6.07, 6.45) is 0. The van der Waals surface area contributed by atoms with Crippen molar-refractivity contribution in [3.05, 3.63) is 47.0 Å². The van der Waals surface area contributed by atoms with E-state index in [2.05, 4.69) is 20.6 Å². The van der Waals surface area contributed by atoms with Crippen LogP contribution in [0.2, 0.25) is 5.02 Å². The first-order chi connectivity index (χ1) is 14.5. The Morgan fingerprint density at radius 2 is 2.03 bits per heavy atom. The van der Waals surface area contributed by atoms with Crippen LogP contribution in [0.4, 0.5) is 11.1 Å². The fourth-order valence-electron chi connectivity index (χ4n) is 3.00. The van der Waals surface area contributed by atoms with E-state index in [-0.39, 0.29) is 19.1 Å². The molecule has 30 heavy (non-hydrogen) atoms. The highest BCUT2D eigenvalue weighted by molar-refractivity contribution is 7.22. The summed E-state index contributed by atoms with van der Waals surface area (Å²) in [7, 11) is 1.88. The van der Waals surface area contributed by atoms with Gasteiger partial charge in [-0.2, -0.15) is 0 Å². The molecule has 0 atom stereocenters. The summed E-state index contributed by atoms with van der Waals surface area (Å²) in [5.41, 5.74) is 3.00. The number of imidazole rings is 1. The number of aliphatic hydroxyl groups is 1. The van der Waals surface area contributed by atoms with E-state index in [1.165, 1.54) is 11.3 Å². The Hall–Kier alpha value is -2.72. The van der Waals surface area contributed by atoms with Gasteiger partial charge in [0.05, 0.1) is 41.1 Å². The van der Waals surface area contributed by atoms with Crippen molar-refractivity contribution in [1.29, 1.82) is 0 Å². The summed E-state index contributed by atoms with van der Waals surface area (Å²) >= 11 is 7.55. The molecule has 10 heteroatoms. The van der Waals surface area contributed by atoms with Crippen molar-refractivity contribution in [1.82, 2.24) is 19.9 Å². The first kappa shape index (κ1) is 20.5. The first-order valence-electron chi connectivity index (χ1n) is 9.31. The molecule has 8 nitrogen and oxygen atoms in total. The van der Waals surface area contributed by atoms with Crippen LogP contribution in [0.15, 0.2) is 36.4 Å². The number of hydrogen-bond acceptors (Lipinski definition) is 7. The van der Waals surface area contributed by atoms with E-state index in [9.17, 15) is 4.79 Å². The number of thiazole rings is 1. The lowest BCUT2D eigenvalue weighted by Gasteiger charge is -2.06. The largest absolute Gasteiger partial charge is 0.394 e. The van der Waals surface area contributed by atoms with Gasteiger partial charge in [0.2, 0.25) is 5.95 Å². The smallest absolute Gasteiger partial charge is 0.251 e. The molecule has 0 bridgehead atoms. The first-order valence-corrected chi connectivity index (χ1v) is 10.5. The molecule has 0 unspecified atom stereocenters. The minimum absolute atomic E-state index is 0.0355. The van der Waals surface area contributed by atoms with Gasteiger partial charge >= 0.3 is 0 Å². The van der Waals surface area contributed by atoms with E-state index in [0.717, 1.165) is 21.3 Å². The van der Waals surface area contributed by atoms with Crippen LogP contribution in [-0.2, 0) is 11.8 Å². The molecule has 4 aromatic rings. The maximum Gasteiger partial charge on any atom is 0.251 e. The van der Waals surface area contributed by atoms with Crippen LogP contribution in [0.3, 0.4) is 0 Å². The number of fused-ring (bicyclic) bond motifs is 2. The fourth-order valence-corrected chi connectivity index (χ4v) is 4.13. The second-order valence-electron chi connectivity index (χ2n) is 6.55. The lowest BCUT2D eigenvalue weighted by atomic mass is 10.2. The molecule has 2 aromatic heterocycles. The molecule has 4 rings (SSSR count). The SMILES string of the molecule is Cn1c(Nc2nc3ccc(Cl)cc3s2)nc2ccc(C(=O)NCCOCCO)cc21. The van der Waals surface area contributed by atoms with E-state index in [0.29, 0.717) is 34.8 Å². The molecule has 0 aliphatic heterocycles. The Balaban J connectivity index is 1.51. The van der Waals surface area contributed by atoms with Crippen molar-refractivity contribution in [3.63, 3.8) is 0 Å². The molecule has 0 aliphatic rings. The van der Waals surface area contributed by atoms with Crippen LogP contribution in [0.1, 0.15) is 10.4 Å². The minimum Gasteiger partial charge on any atom is -0.394 e. The number of halogens is 1. The van der Waals surface area contributed by atoms with Gasteiger partial charge in [-0.15, -0.1) is 0 Å². The monoisotopic (exact) mass is 445 g/mol. The van der Waals surface area contributed by atoms with Crippen molar-refractivity contribution in [2.75, 3.05) is 31.7 Å². The number of amides is 1. The highest BCUT2D eigenvalue weighted by Gasteiger charge is 2.13. The van der Waals surface area contributed by atoms with Crippen molar-refractivity contribution in [3.8, 4) is 0 Å². The number of nitrogens with zero attached hydrogens (tertiary/aromatic N) is 3. The maximum atomic E-state index is 12.4. The zero-order valence-electron chi connectivity index (χ0n) is 16.2. The number of hydrogen-bond donors (Lipinski definition) is 3. The molecular weight excluding hydrogens is 426 g/mol. The Morgan fingerprint density at radius 1 is 1.20 bits per heavy atom. The predicted molar refractivity (Wildman–Crippen MR) is 119 cm³/mol. The lowest BCUT2D eigenvalue weighted by molar-refractivity contribution is 0.0838. The zero-order chi connectivity index (χ0) is 21.1. The predicted octanol–water partition coefficient (Wildman–Crippen LogP) is 3.32. The second-order valence-corrected chi connectivity index (χ2v) is 8.01. The average molecular weight is 446 g/mol.